The molecule has 108 valence electrons. The maximum atomic E-state index is 13.2. The lowest BCUT2D eigenvalue weighted by atomic mass is 10.1. The minimum Gasteiger partial charge on any atom is -0.306 e. The molecule has 7 heteroatoms. The van der Waals surface area contributed by atoms with Crippen LogP contribution in [0.5, 0.6) is 0 Å². The summed E-state index contributed by atoms with van der Waals surface area (Å²) in [6, 6.07) is 5.33. The third-order valence-corrected chi connectivity index (χ3v) is 2.99. The molecule has 2 heterocycles. The molecule has 0 saturated carbocycles. The summed E-state index contributed by atoms with van der Waals surface area (Å²) in [6.45, 7) is 0. The Hall–Kier alpha value is -2.44. The summed E-state index contributed by atoms with van der Waals surface area (Å²) in [5.74, 6) is -2.04. The highest BCUT2D eigenvalue weighted by molar-refractivity contribution is 5.62. The van der Waals surface area contributed by atoms with Crippen LogP contribution in [-0.2, 0) is 6.18 Å². The number of pyridine rings is 1. The van der Waals surface area contributed by atoms with Crippen LogP contribution >= 0.6 is 0 Å². The zero-order valence-corrected chi connectivity index (χ0v) is 10.3. The van der Waals surface area contributed by atoms with Crippen LogP contribution in [0.25, 0.3) is 16.9 Å². The van der Waals surface area contributed by atoms with E-state index in [4.69, 9.17) is 0 Å². The van der Waals surface area contributed by atoms with Crippen LogP contribution in [0, 0.1) is 11.6 Å². The van der Waals surface area contributed by atoms with Crippen molar-refractivity contribution in [2.24, 2.45) is 0 Å². The van der Waals surface area contributed by atoms with E-state index in [1.54, 1.807) is 0 Å². The molecule has 3 aromatic rings. The molecule has 1 aromatic carbocycles. The van der Waals surface area contributed by atoms with E-state index in [1.807, 2.05) is 0 Å². The van der Waals surface area contributed by atoms with Gasteiger partial charge in [0.25, 0.3) is 0 Å². The molecular formula is C14H7F5N2. The lowest BCUT2D eigenvalue weighted by Gasteiger charge is -2.05. The van der Waals surface area contributed by atoms with Gasteiger partial charge in [-0.25, -0.2) is 13.8 Å². The van der Waals surface area contributed by atoms with Crippen molar-refractivity contribution in [3.8, 4) is 11.3 Å². The average molecular weight is 298 g/mol. The predicted molar refractivity (Wildman–Crippen MR) is 65.5 cm³/mol. The molecule has 21 heavy (non-hydrogen) atoms. The van der Waals surface area contributed by atoms with Crippen LogP contribution in [0.2, 0.25) is 0 Å². The number of benzene rings is 1. The summed E-state index contributed by atoms with van der Waals surface area (Å²) >= 11 is 0. The lowest BCUT2D eigenvalue weighted by molar-refractivity contribution is -0.137. The Labute approximate surface area is 115 Å². The van der Waals surface area contributed by atoms with Crippen molar-refractivity contribution in [1.82, 2.24) is 9.38 Å². The van der Waals surface area contributed by atoms with Gasteiger partial charge in [-0.15, -0.1) is 0 Å². The first kappa shape index (κ1) is 13.5. The van der Waals surface area contributed by atoms with Crippen LogP contribution in [-0.4, -0.2) is 9.38 Å². The summed E-state index contributed by atoms with van der Waals surface area (Å²) in [7, 11) is 0. The highest BCUT2D eigenvalue weighted by atomic mass is 19.4. The van der Waals surface area contributed by atoms with Gasteiger partial charge in [-0.3, -0.25) is 0 Å². The van der Waals surface area contributed by atoms with E-state index in [-0.39, 0.29) is 16.9 Å². The number of aromatic nitrogens is 2. The number of halogens is 5. The van der Waals surface area contributed by atoms with E-state index in [2.05, 4.69) is 4.98 Å². The Balaban J connectivity index is 2.10. The van der Waals surface area contributed by atoms with Gasteiger partial charge in [0.05, 0.1) is 11.3 Å². The van der Waals surface area contributed by atoms with Gasteiger partial charge < -0.3 is 4.40 Å². The third kappa shape index (κ3) is 2.46. The highest BCUT2D eigenvalue weighted by Crippen LogP contribution is 2.30. The quantitative estimate of drug-likeness (QED) is 0.612. The number of hydrogen-bond donors (Lipinski definition) is 0. The fourth-order valence-corrected chi connectivity index (χ4v) is 1.95. The van der Waals surface area contributed by atoms with E-state index >= 15 is 0 Å². The molecule has 0 atom stereocenters. The maximum absolute atomic E-state index is 13.2. The van der Waals surface area contributed by atoms with Crippen molar-refractivity contribution in [3.63, 3.8) is 0 Å². The number of hydrogen-bond acceptors (Lipinski definition) is 1. The second-order valence-corrected chi connectivity index (χ2v) is 4.44. The van der Waals surface area contributed by atoms with E-state index in [0.29, 0.717) is 0 Å². The van der Waals surface area contributed by atoms with Gasteiger partial charge in [-0.2, -0.15) is 13.2 Å². The normalized spacial score (nSPS) is 12.0. The smallest absolute Gasteiger partial charge is 0.306 e. The molecule has 0 fully saturated rings. The van der Waals surface area contributed by atoms with Gasteiger partial charge in [-0.05, 0) is 30.3 Å². The lowest BCUT2D eigenvalue weighted by Crippen LogP contribution is -2.05. The highest BCUT2D eigenvalue weighted by Gasteiger charge is 2.30. The van der Waals surface area contributed by atoms with E-state index < -0.39 is 23.4 Å². The van der Waals surface area contributed by atoms with Gasteiger partial charge in [0.15, 0.2) is 11.6 Å². The Morgan fingerprint density at radius 1 is 0.905 bits per heavy atom. The second-order valence-electron chi connectivity index (χ2n) is 4.44. The molecule has 0 saturated heterocycles. The summed E-state index contributed by atoms with van der Waals surface area (Å²) < 4.78 is 65.1. The number of nitrogens with zero attached hydrogens (tertiary/aromatic N) is 2. The molecule has 0 unspecified atom stereocenters. The van der Waals surface area contributed by atoms with Gasteiger partial charge in [0.2, 0.25) is 0 Å². The predicted octanol–water partition coefficient (Wildman–Crippen LogP) is 4.30. The molecule has 2 aromatic heterocycles. The second kappa shape index (κ2) is 4.54. The zero-order chi connectivity index (χ0) is 15.2. The third-order valence-electron chi connectivity index (χ3n) is 2.99. The van der Waals surface area contributed by atoms with E-state index in [0.717, 1.165) is 24.4 Å². The van der Waals surface area contributed by atoms with Crippen molar-refractivity contribution >= 4 is 5.65 Å². The largest absolute Gasteiger partial charge is 0.417 e. The molecule has 0 N–H and O–H groups in total. The molecule has 0 radical (unpaired) electrons. The fourth-order valence-electron chi connectivity index (χ4n) is 1.95. The van der Waals surface area contributed by atoms with Crippen molar-refractivity contribution in [2.75, 3.05) is 0 Å². The van der Waals surface area contributed by atoms with Crippen LogP contribution in [0.15, 0.2) is 42.7 Å². The van der Waals surface area contributed by atoms with Crippen LogP contribution in [0.4, 0.5) is 22.0 Å². The Morgan fingerprint density at radius 2 is 1.67 bits per heavy atom. The molecule has 0 spiro atoms. The standard InChI is InChI=1S/C14H7F5N2/c15-10-3-1-8(5-11(10)16)12-7-21-6-9(14(17,18)19)2-4-13(21)20-12/h1-7H. The van der Waals surface area contributed by atoms with Crippen LogP contribution < -0.4 is 0 Å². The number of fused-ring (bicyclic) bond motifs is 1. The van der Waals surface area contributed by atoms with E-state index in [1.165, 1.54) is 22.7 Å². The van der Waals surface area contributed by atoms with Crippen molar-refractivity contribution in [3.05, 3.63) is 59.9 Å². The zero-order valence-electron chi connectivity index (χ0n) is 10.3. The topological polar surface area (TPSA) is 17.3 Å². The van der Waals surface area contributed by atoms with Crippen LogP contribution in [0.3, 0.4) is 0 Å². The fraction of sp³-hybridized carbons (Fsp3) is 0.0714. The van der Waals surface area contributed by atoms with Gasteiger partial charge in [0.1, 0.15) is 5.65 Å². The molecule has 0 aliphatic carbocycles. The van der Waals surface area contributed by atoms with Gasteiger partial charge >= 0.3 is 6.18 Å². The van der Waals surface area contributed by atoms with Crippen molar-refractivity contribution in [1.29, 1.82) is 0 Å². The SMILES string of the molecule is Fc1ccc(-c2cn3cc(C(F)(F)F)ccc3n2)cc1F. The van der Waals surface area contributed by atoms with Gasteiger partial charge in [-0.1, -0.05) is 0 Å². The Bertz CT molecular complexity index is 820. The number of alkyl halides is 3. The first-order chi connectivity index (χ1) is 9.84. The average Bonchev–Trinajstić information content (AvgIpc) is 2.83. The molecule has 0 bridgehead atoms. The molecule has 3 rings (SSSR count). The summed E-state index contributed by atoms with van der Waals surface area (Å²) in [4.78, 5) is 4.08. The Morgan fingerprint density at radius 3 is 2.33 bits per heavy atom. The van der Waals surface area contributed by atoms with Crippen molar-refractivity contribution < 1.29 is 22.0 Å². The summed E-state index contributed by atoms with van der Waals surface area (Å²) in [5, 5.41) is 0. The monoisotopic (exact) mass is 298 g/mol. The molecule has 0 aliphatic heterocycles. The first-order valence-corrected chi connectivity index (χ1v) is 5.86. The summed E-state index contributed by atoms with van der Waals surface area (Å²) in [6.07, 6.45) is -2.23. The minimum atomic E-state index is -4.46. The number of imidazole rings is 1. The summed E-state index contributed by atoms with van der Waals surface area (Å²) in [5.41, 5.74) is 0.00588. The van der Waals surface area contributed by atoms with Crippen LogP contribution in [0.1, 0.15) is 5.56 Å². The Kier molecular flexibility index (Phi) is 2.93. The van der Waals surface area contributed by atoms with Crippen molar-refractivity contribution in [2.45, 2.75) is 6.18 Å². The molecule has 0 amide bonds. The molecular weight excluding hydrogens is 291 g/mol. The first-order valence-electron chi connectivity index (χ1n) is 5.86. The minimum absolute atomic E-state index is 0.258. The molecule has 2 nitrogen and oxygen atoms in total. The van der Waals surface area contributed by atoms with E-state index in [9.17, 15) is 22.0 Å². The molecule has 0 aliphatic rings. The number of rotatable bonds is 1. The maximum Gasteiger partial charge on any atom is 0.417 e. The van der Waals surface area contributed by atoms with Gasteiger partial charge in [0, 0.05) is 18.0 Å².